The van der Waals surface area contributed by atoms with Crippen LogP contribution in [0, 0.1) is 17.8 Å². The molecule has 8 heteroatoms. The summed E-state index contributed by atoms with van der Waals surface area (Å²) in [5.41, 5.74) is 0.582. The molecule has 1 aliphatic heterocycles. The summed E-state index contributed by atoms with van der Waals surface area (Å²) in [6, 6.07) is 6.26. The van der Waals surface area contributed by atoms with Crippen molar-refractivity contribution >= 4 is 21.7 Å². The van der Waals surface area contributed by atoms with E-state index in [-0.39, 0.29) is 17.0 Å². The van der Waals surface area contributed by atoms with Crippen LogP contribution in [0.1, 0.15) is 32.6 Å². The van der Waals surface area contributed by atoms with E-state index in [4.69, 9.17) is 4.74 Å². The van der Waals surface area contributed by atoms with Gasteiger partial charge in [-0.1, -0.05) is 6.42 Å². The van der Waals surface area contributed by atoms with Crippen LogP contribution in [0.5, 0.6) is 0 Å². The first-order valence-electron chi connectivity index (χ1n) is 10.2. The highest BCUT2D eigenvalue weighted by atomic mass is 32.2. The normalized spacial score (nSPS) is 28.8. The molecular formula is C20H29N3O4S. The molecule has 154 valence electrons. The number of anilines is 1. The summed E-state index contributed by atoms with van der Waals surface area (Å²) in [7, 11) is -3.52. The number of carbonyl (C=O) groups excluding carboxylic acids is 1. The second kappa shape index (κ2) is 8.00. The first-order valence-corrected chi connectivity index (χ1v) is 11.6. The van der Waals surface area contributed by atoms with Crippen molar-refractivity contribution in [3.8, 4) is 0 Å². The van der Waals surface area contributed by atoms with Gasteiger partial charge in [-0.15, -0.1) is 0 Å². The zero-order chi connectivity index (χ0) is 19.7. The Kier molecular flexibility index (Phi) is 5.62. The van der Waals surface area contributed by atoms with Crippen LogP contribution in [0.25, 0.3) is 0 Å². The zero-order valence-electron chi connectivity index (χ0n) is 16.3. The molecular weight excluding hydrogens is 378 g/mol. The van der Waals surface area contributed by atoms with Crippen LogP contribution >= 0.6 is 0 Å². The summed E-state index contributed by atoms with van der Waals surface area (Å²) in [5.74, 6) is 2.18. The molecule has 2 saturated carbocycles. The smallest absolute Gasteiger partial charge is 0.319 e. The molecule has 4 atom stereocenters. The van der Waals surface area contributed by atoms with Crippen LogP contribution < -0.4 is 10.6 Å². The number of carbonyl (C=O) groups is 1. The average molecular weight is 408 g/mol. The van der Waals surface area contributed by atoms with E-state index in [2.05, 4.69) is 17.6 Å². The Balaban J connectivity index is 1.33. The van der Waals surface area contributed by atoms with Gasteiger partial charge in [0.1, 0.15) is 0 Å². The van der Waals surface area contributed by atoms with Gasteiger partial charge in [-0.05, 0) is 68.2 Å². The van der Waals surface area contributed by atoms with Gasteiger partial charge in [-0.2, -0.15) is 4.31 Å². The maximum Gasteiger partial charge on any atom is 0.319 e. The number of urea groups is 1. The molecule has 0 aromatic heterocycles. The zero-order valence-corrected chi connectivity index (χ0v) is 17.1. The Morgan fingerprint density at radius 3 is 2.46 bits per heavy atom. The van der Waals surface area contributed by atoms with Gasteiger partial charge in [-0.3, -0.25) is 0 Å². The molecule has 1 saturated heterocycles. The van der Waals surface area contributed by atoms with Crippen LogP contribution in [-0.4, -0.2) is 51.1 Å². The van der Waals surface area contributed by atoms with Crippen LogP contribution in [0.4, 0.5) is 10.5 Å². The van der Waals surface area contributed by atoms with E-state index >= 15 is 0 Å². The Hall–Kier alpha value is -1.64. The van der Waals surface area contributed by atoms with Crippen molar-refractivity contribution in [2.24, 2.45) is 17.8 Å². The third-order valence-electron chi connectivity index (χ3n) is 6.51. The summed E-state index contributed by atoms with van der Waals surface area (Å²) in [6.07, 6.45) is 5.18. The fraction of sp³-hybridized carbons (Fsp3) is 0.650. The van der Waals surface area contributed by atoms with Crippen molar-refractivity contribution < 1.29 is 17.9 Å². The first-order chi connectivity index (χ1) is 13.4. The number of hydrogen-bond donors (Lipinski definition) is 2. The minimum absolute atomic E-state index is 0.149. The standard InChI is InChI=1S/C20H29N3O4S/c1-14(19-13-15-2-3-16(19)12-15)21-20(24)22-17-4-6-18(7-5-17)28(25,26)23-8-10-27-11-9-23/h4-7,14-16,19H,2-3,8-13H2,1H3,(H2,21,22,24). The molecule has 7 nitrogen and oxygen atoms in total. The van der Waals surface area contributed by atoms with Crippen molar-refractivity contribution in [3.63, 3.8) is 0 Å². The fourth-order valence-corrected chi connectivity index (χ4v) is 6.44. The van der Waals surface area contributed by atoms with Crippen molar-refractivity contribution in [1.29, 1.82) is 0 Å². The SMILES string of the molecule is CC(NC(=O)Nc1ccc(S(=O)(=O)N2CCOCC2)cc1)C1CC2CCC1C2. The number of fused-ring (bicyclic) bond motifs is 2. The fourth-order valence-electron chi connectivity index (χ4n) is 5.03. The molecule has 2 aliphatic carbocycles. The topological polar surface area (TPSA) is 87.7 Å². The van der Waals surface area contributed by atoms with E-state index in [0.29, 0.717) is 37.9 Å². The van der Waals surface area contributed by atoms with E-state index in [1.54, 1.807) is 24.3 Å². The second-order valence-electron chi connectivity index (χ2n) is 8.27. The predicted octanol–water partition coefficient (Wildman–Crippen LogP) is 2.65. The number of morpholine rings is 1. The van der Waals surface area contributed by atoms with E-state index in [1.165, 1.54) is 30.0 Å². The summed E-state index contributed by atoms with van der Waals surface area (Å²) < 4.78 is 31.9. The van der Waals surface area contributed by atoms with Crippen LogP contribution in [0.15, 0.2) is 29.2 Å². The van der Waals surface area contributed by atoms with Crippen molar-refractivity contribution in [2.75, 3.05) is 31.6 Å². The van der Waals surface area contributed by atoms with Crippen molar-refractivity contribution in [3.05, 3.63) is 24.3 Å². The van der Waals surface area contributed by atoms with Gasteiger partial charge in [0, 0.05) is 24.8 Å². The van der Waals surface area contributed by atoms with E-state index in [0.717, 1.165) is 11.8 Å². The van der Waals surface area contributed by atoms with Crippen LogP contribution in [-0.2, 0) is 14.8 Å². The lowest BCUT2D eigenvalue weighted by molar-refractivity contribution is 0.0730. The minimum Gasteiger partial charge on any atom is -0.379 e. The average Bonchev–Trinajstić information content (AvgIpc) is 3.32. The van der Waals surface area contributed by atoms with Gasteiger partial charge in [-0.25, -0.2) is 13.2 Å². The number of benzene rings is 1. The number of rotatable bonds is 5. The summed E-state index contributed by atoms with van der Waals surface area (Å²) in [6.45, 7) is 3.65. The molecule has 2 amide bonds. The predicted molar refractivity (Wildman–Crippen MR) is 107 cm³/mol. The van der Waals surface area contributed by atoms with Gasteiger partial charge in [0.25, 0.3) is 0 Å². The molecule has 1 aromatic carbocycles. The monoisotopic (exact) mass is 407 g/mol. The molecule has 0 radical (unpaired) electrons. The van der Waals surface area contributed by atoms with E-state index in [9.17, 15) is 13.2 Å². The summed E-state index contributed by atoms with van der Waals surface area (Å²) >= 11 is 0. The molecule has 2 N–H and O–H groups in total. The molecule has 0 spiro atoms. The van der Waals surface area contributed by atoms with Gasteiger partial charge < -0.3 is 15.4 Å². The maximum atomic E-state index is 12.6. The molecule has 28 heavy (non-hydrogen) atoms. The maximum absolute atomic E-state index is 12.6. The molecule has 1 aromatic rings. The van der Waals surface area contributed by atoms with Gasteiger partial charge in [0.2, 0.25) is 10.0 Å². The molecule has 3 aliphatic rings. The van der Waals surface area contributed by atoms with Crippen LogP contribution in [0.3, 0.4) is 0 Å². The Labute approximate surface area is 166 Å². The number of hydrogen-bond acceptors (Lipinski definition) is 4. The van der Waals surface area contributed by atoms with Gasteiger partial charge >= 0.3 is 6.03 Å². The molecule has 4 rings (SSSR count). The third kappa shape index (κ3) is 4.04. The number of nitrogens with one attached hydrogen (secondary N) is 2. The Morgan fingerprint density at radius 1 is 1.14 bits per heavy atom. The van der Waals surface area contributed by atoms with Gasteiger partial charge in [0.15, 0.2) is 0 Å². The van der Waals surface area contributed by atoms with Gasteiger partial charge in [0.05, 0.1) is 18.1 Å². The van der Waals surface area contributed by atoms with Crippen molar-refractivity contribution in [2.45, 2.75) is 43.5 Å². The molecule has 3 fully saturated rings. The summed E-state index contributed by atoms with van der Waals surface area (Å²) in [4.78, 5) is 12.6. The lowest BCUT2D eigenvalue weighted by Crippen LogP contribution is -2.42. The Bertz CT molecular complexity index is 805. The molecule has 2 bridgehead atoms. The molecule has 4 unspecified atom stereocenters. The lowest BCUT2D eigenvalue weighted by Gasteiger charge is -2.28. The highest BCUT2D eigenvalue weighted by molar-refractivity contribution is 7.89. The molecule has 1 heterocycles. The van der Waals surface area contributed by atoms with Crippen LogP contribution in [0.2, 0.25) is 0 Å². The first kappa shape index (κ1) is 19.7. The number of ether oxygens (including phenoxy) is 1. The van der Waals surface area contributed by atoms with E-state index in [1.807, 2.05) is 0 Å². The Morgan fingerprint density at radius 2 is 1.86 bits per heavy atom. The minimum atomic E-state index is -3.52. The number of nitrogens with zero attached hydrogens (tertiary/aromatic N) is 1. The quantitative estimate of drug-likeness (QED) is 0.786. The largest absolute Gasteiger partial charge is 0.379 e. The number of sulfonamides is 1. The number of amides is 2. The van der Waals surface area contributed by atoms with Crippen molar-refractivity contribution in [1.82, 2.24) is 9.62 Å². The van der Waals surface area contributed by atoms with E-state index < -0.39 is 10.0 Å². The summed E-state index contributed by atoms with van der Waals surface area (Å²) in [5, 5.41) is 5.88. The highest BCUT2D eigenvalue weighted by Gasteiger charge is 2.42. The highest BCUT2D eigenvalue weighted by Crippen LogP contribution is 2.49. The lowest BCUT2D eigenvalue weighted by atomic mass is 9.84. The third-order valence-corrected chi connectivity index (χ3v) is 8.43. The second-order valence-corrected chi connectivity index (χ2v) is 10.2.